The highest BCUT2D eigenvalue weighted by Crippen LogP contribution is 2.36. The zero-order valence-electron chi connectivity index (χ0n) is 13.2. The minimum absolute atomic E-state index is 0.0767. The minimum Gasteiger partial charge on any atom is -0.473 e. The van der Waals surface area contributed by atoms with Gasteiger partial charge in [0.2, 0.25) is 11.8 Å². The molecule has 1 aromatic heterocycles. The van der Waals surface area contributed by atoms with E-state index in [2.05, 4.69) is 23.8 Å². The molecule has 0 radical (unpaired) electrons. The second-order valence-corrected chi connectivity index (χ2v) is 6.66. The molecule has 0 bridgehead atoms. The largest absolute Gasteiger partial charge is 0.473 e. The molecule has 0 aliphatic carbocycles. The van der Waals surface area contributed by atoms with Gasteiger partial charge < -0.3 is 14.4 Å². The Balaban J connectivity index is 1.53. The van der Waals surface area contributed by atoms with Gasteiger partial charge in [0.05, 0.1) is 25.9 Å². The number of rotatable bonds is 4. The molecular weight excluding hydrogens is 282 g/mol. The van der Waals surface area contributed by atoms with E-state index in [9.17, 15) is 4.79 Å². The Morgan fingerprint density at radius 3 is 3.00 bits per heavy atom. The van der Waals surface area contributed by atoms with Crippen molar-refractivity contribution in [3.8, 4) is 5.88 Å². The molecule has 1 spiro atoms. The summed E-state index contributed by atoms with van der Waals surface area (Å²) >= 11 is 0. The Morgan fingerprint density at radius 1 is 1.50 bits per heavy atom. The van der Waals surface area contributed by atoms with Crippen LogP contribution < -0.4 is 4.74 Å². The summed E-state index contributed by atoms with van der Waals surface area (Å²) in [7, 11) is 0. The molecule has 0 unspecified atom stereocenters. The molecule has 1 amide bonds. The maximum atomic E-state index is 12.1. The van der Waals surface area contributed by atoms with Gasteiger partial charge in [0, 0.05) is 31.7 Å². The van der Waals surface area contributed by atoms with Crippen molar-refractivity contribution in [1.82, 2.24) is 14.9 Å². The van der Waals surface area contributed by atoms with Gasteiger partial charge in [-0.05, 0) is 5.92 Å². The van der Waals surface area contributed by atoms with Gasteiger partial charge in [0.15, 0.2) is 0 Å². The van der Waals surface area contributed by atoms with E-state index in [1.807, 2.05) is 4.90 Å². The Bertz CT molecular complexity index is 515. The lowest BCUT2D eigenvalue weighted by Gasteiger charge is -2.53. The Labute approximate surface area is 130 Å². The first-order valence-electron chi connectivity index (χ1n) is 7.91. The number of aromatic nitrogens is 2. The van der Waals surface area contributed by atoms with Gasteiger partial charge in [-0.3, -0.25) is 9.78 Å². The van der Waals surface area contributed by atoms with Crippen LogP contribution in [0.1, 0.15) is 33.1 Å². The van der Waals surface area contributed by atoms with Gasteiger partial charge in [-0.2, -0.15) is 0 Å². The second-order valence-electron chi connectivity index (χ2n) is 6.66. The quantitative estimate of drug-likeness (QED) is 0.846. The summed E-state index contributed by atoms with van der Waals surface area (Å²) in [6, 6.07) is 0. The van der Waals surface area contributed by atoms with E-state index in [1.54, 1.807) is 18.6 Å². The van der Waals surface area contributed by atoms with Crippen LogP contribution in [0, 0.1) is 5.92 Å². The highest BCUT2D eigenvalue weighted by atomic mass is 16.5. The average molecular weight is 305 g/mol. The number of nitrogens with zero attached hydrogens (tertiary/aromatic N) is 3. The molecule has 1 atom stereocenters. The first-order valence-corrected chi connectivity index (χ1v) is 7.91. The fraction of sp³-hybridized carbons (Fsp3) is 0.688. The number of ether oxygens (including phenoxy) is 2. The molecule has 3 rings (SSSR count). The van der Waals surface area contributed by atoms with Crippen LogP contribution in [0.4, 0.5) is 0 Å². The van der Waals surface area contributed by atoms with Gasteiger partial charge in [0.1, 0.15) is 11.7 Å². The predicted molar refractivity (Wildman–Crippen MR) is 80.4 cm³/mol. The maximum absolute atomic E-state index is 12.1. The van der Waals surface area contributed by atoms with Crippen LogP contribution >= 0.6 is 0 Å². The lowest BCUT2D eigenvalue weighted by atomic mass is 9.84. The summed E-state index contributed by atoms with van der Waals surface area (Å²) in [6.07, 6.45) is 7.21. The van der Waals surface area contributed by atoms with E-state index in [-0.39, 0.29) is 17.6 Å². The zero-order valence-corrected chi connectivity index (χ0v) is 13.2. The van der Waals surface area contributed by atoms with Crippen molar-refractivity contribution in [2.24, 2.45) is 5.92 Å². The maximum Gasteiger partial charge on any atom is 0.232 e. The van der Waals surface area contributed by atoms with Crippen molar-refractivity contribution in [2.75, 3.05) is 19.7 Å². The van der Waals surface area contributed by atoms with Crippen LogP contribution in [0.15, 0.2) is 18.6 Å². The molecule has 2 aliphatic rings. The number of amides is 1. The normalized spacial score (nSPS) is 23.4. The smallest absolute Gasteiger partial charge is 0.232 e. The molecule has 3 heterocycles. The molecule has 6 nitrogen and oxygen atoms in total. The lowest BCUT2D eigenvalue weighted by molar-refractivity contribution is -0.193. The monoisotopic (exact) mass is 305 g/mol. The number of carbonyl (C=O) groups is 1. The van der Waals surface area contributed by atoms with Gasteiger partial charge in [-0.15, -0.1) is 0 Å². The van der Waals surface area contributed by atoms with Crippen molar-refractivity contribution in [1.29, 1.82) is 0 Å². The van der Waals surface area contributed by atoms with Crippen molar-refractivity contribution in [2.45, 2.75) is 44.8 Å². The SMILES string of the molecule is CC(C)CC(=O)N1CC2(C[C@@H](Oc3cnccn3)CCO2)C1. The Morgan fingerprint density at radius 2 is 2.32 bits per heavy atom. The van der Waals surface area contributed by atoms with Crippen LogP contribution in [0.2, 0.25) is 0 Å². The van der Waals surface area contributed by atoms with E-state index < -0.39 is 0 Å². The standard InChI is InChI=1S/C16H23N3O3/c1-12(2)7-15(20)19-10-16(11-19)8-13(3-6-21-16)22-14-9-17-4-5-18-14/h4-5,9,12-13H,3,6-8,10-11H2,1-2H3/t13-/m0/s1. The third kappa shape index (κ3) is 3.38. The van der Waals surface area contributed by atoms with E-state index >= 15 is 0 Å². The van der Waals surface area contributed by atoms with E-state index in [4.69, 9.17) is 9.47 Å². The molecule has 6 heteroatoms. The van der Waals surface area contributed by atoms with Gasteiger partial charge >= 0.3 is 0 Å². The highest BCUT2D eigenvalue weighted by molar-refractivity contribution is 5.77. The van der Waals surface area contributed by atoms with Crippen molar-refractivity contribution in [3.05, 3.63) is 18.6 Å². The predicted octanol–water partition coefficient (Wildman–Crippen LogP) is 1.66. The summed E-state index contributed by atoms with van der Waals surface area (Å²) in [6.45, 7) is 6.15. The zero-order chi connectivity index (χ0) is 15.6. The fourth-order valence-electron chi connectivity index (χ4n) is 3.12. The second kappa shape index (κ2) is 6.20. The van der Waals surface area contributed by atoms with Crippen molar-refractivity contribution >= 4 is 5.91 Å². The van der Waals surface area contributed by atoms with E-state index in [0.29, 0.717) is 37.9 Å². The number of hydrogen-bond donors (Lipinski definition) is 0. The third-order valence-corrected chi connectivity index (χ3v) is 4.17. The average Bonchev–Trinajstić information content (AvgIpc) is 2.45. The summed E-state index contributed by atoms with van der Waals surface area (Å²) < 4.78 is 11.8. The summed E-state index contributed by atoms with van der Waals surface area (Å²) in [5.74, 6) is 1.17. The van der Waals surface area contributed by atoms with Crippen LogP contribution in [0.5, 0.6) is 5.88 Å². The molecule has 2 saturated heterocycles. The van der Waals surface area contributed by atoms with E-state index in [0.717, 1.165) is 12.8 Å². The lowest BCUT2D eigenvalue weighted by Crippen LogP contribution is -2.67. The minimum atomic E-state index is -0.224. The third-order valence-electron chi connectivity index (χ3n) is 4.17. The first-order chi connectivity index (χ1) is 10.6. The van der Waals surface area contributed by atoms with Crippen molar-refractivity contribution < 1.29 is 14.3 Å². The molecule has 2 aliphatic heterocycles. The number of carbonyl (C=O) groups excluding carboxylic acids is 1. The molecule has 1 aromatic rings. The molecule has 22 heavy (non-hydrogen) atoms. The van der Waals surface area contributed by atoms with Crippen LogP contribution in [-0.2, 0) is 9.53 Å². The summed E-state index contributed by atoms with van der Waals surface area (Å²) in [4.78, 5) is 22.1. The molecule has 120 valence electrons. The Kier molecular flexibility index (Phi) is 4.29. The molecule has 2 fully saturated rings. The number of hydrogen-bond acceptors (Lipinski definition) is 5. The van der Waals surface area contributed by atoms with E-state index in [1.165, 1.54) is 0 Å². The van der Waals surface area contributed by atoms with Crippen LogP contribution in [0.25, 0.3) is 0 Å². The molecule has 0 N–H and O–H groups in total. The molecular formula is C16H23N3O3. The molecule has 0 aromatic carbocycles. The summed E-state index contributed by atoms with van der Waals surface area (Å²) in [5.41, 5.74) is -0.224. The van der Waals surface area contributed by atoms with Gasteiger partial charge in [0.25, 0.3) is 0 Å². The molecule has 0 saturated carbocycles. The number of likely N-dealkylation sites (tertiary alicyclic amines) is 1. The Hall–Kier alpha value is -1.69. The first kappa shape index (κ1) is 15.2. The topological polar surface area (TPSA) is 64.6 Å². The summed E-state index contributed by atoms with van der Waals surface area (Å²) in [5, 5.41) is 0. The highest BCUT2D eigenvalue weighted by Gasteiger charge is 2.49. The fourth-order valence-corrected chi connectivity index (χ4v) is 3.12. The van der Waals surface area contributed by atoms with Crippen molar-refractivity contribution in [3.63, 3.8) is 0 Å². The van der Waals surface area contributed by atoms with Gasteiger partial charge in [-0.1, -0.05) is 13.8 Å². The van der Waals surface area contributed by atoms with Gasteiger partial charge in [-0.25, -0.2) is 4.98 Å². The van der Waals surface area contributed by atoms with Crippen LogP contribution in [0.3, 0.4) is 0 Å². The van der Waals surface area contributed by atoms with Crippen LogP contribution in [-0.4, -0.2) is 52.2 Å².